The van der Waals surface area contributed by atoms with Crippen molar-refractivity contribution in [3.8, 4) is 0 Å². The summed E-state index contributed by atoms with van der Waals surface area (Å²) in [7, 11) is 0. The summed E-state index contributed by atoms with van der Waals surface area (Å²) in [6, 6.07) is 15.1. The zero-order chi connectivity index (χ0) is 18.2. The highest BCUT2D eigenvalue weighted by Gasteiger charge is 2.34. The number of halogens is 1. The van der Waals surface area contributed by atoms with Crippen LogP contribution in [0, 0.1) is 0 Å². The van der Waals surface area contributed by atoms with Crippen molar-refractivity contribution in [1.29, 1.82) is 0 Å². The van der Waals surface area contributed by atoms with Gasteiger partial charge in [0.25, 0.3) is 0 Å². The Kier molecular flexibility index (Phi) is 4.44. The second-order valence-electron chi connectivity index (χ2n) is 7.85. The molecule has 4 heteroatoms. The molecule has 0 saturated carbocycles. The molecule has 0 N–H and O–H groups in total. The van der Waals surface area contributed by atoms with Crippen LogP contribution in [0.5, 0.6) is 0 Å². The van der Waals surface area contributed by atoms with Gasteiger partial charge in [0.1, 0.15) is 6.67 Å². The minimum atomic E-state index is -0.492. The van der Waals surface area contributed by atoms with E-state index in [1.54, 1.807) is 0 Å². The summed E-state index contributed by atoms with van der Waals surface area (Å²) in [6.45, 7) is 2.78. The quantitative estimate of drug-likeness (QED) is 0.662. The van der Waals surface area contributed by atoms with Crippen LogP contribution in [0.15, 0.2) is 42.5 Å². The summed E-state index contributed by atoms with van der Waals surface area (Å²) in [5.74, 6) is 0. The van der Waals surface area contributed by atoms with Crippen molar-refractivity contribution in [2.45, 2.75) is 51.4 Å². The highest BCUT2D eigenvalue weighted by molar-refractivity contribution is 5.83. The van der Waals surface area contributed by atoms with Crippen LogP contribution in [0.4, 0.5) is 4.39 Å². The Hall–Kier alpha value is -2.20. The van der Waals surface area contributed by atoms with E-state index in [1.165, 1.54) is 48.1 Å². The van der Waals surface area contributed by atoms with E-state index in [4.69, 9.17) is 4.98 Å². The second kappa shape index (κ2) is 7.08. The Balaban J connectivity index is 1.60. The van der Waals surface area contributed by atoms with Crippen molar-refractivity contribution in [1.82, 2.24) is 14.5 Å². The molecule has 2 aliphatic rings. The summed E-state index contributed by atoms with van der Waals surface area (Å²) in [5, 5.41) is 0. The summed E-state index contributed by atoms with van der Waals surface area (Å²) in [4.78, 5) is 7.37. The lowest BCUT2D eigenvalue weighted by atomic mass is 9.90. The first-order chi connectivity index (χ1) is 13.3. The minimum Gasteiger partial charge on any atom is -0.343 e. The predicted octanol–water partition coefficient (Wildman–Crippen LogP) is 4.83. The van der Waals surface area contributed by atoms with E-state index in [2.05, 4.69) is 45.9 Å². The smallest absolute Gasteiger partial charge is 0.131 e. The molecule has 4 heterocycles. The van der Waals surface area contributed by atoms with Crippen molar-refractivity contribution < 1.29 is 4.39 Å². The van der Waals surface area contributed by atoms with Gasteiger partial charge in [-0.1, -0.05) is 36.8 Å². The monoisotopic (exact) mass is 363 g/mol. The van der Waals surface area contributed by atoms with Gasteiger partial charge in [0.2, 0.25) is 0 Å². The standard InChI is InChI=1S/C23H26FN3/c24-16-18-9-10-21-23(25-18)22-19-8-4-5-13-26(19)14-12-20(22)27(21)15-11-17-6-2-1-3-7-17/h1-3,6-7,9-10,19H,4-5,8,11-16H2. The topological polar surface area (TPSA) is 21.1 Å². The summed E-state index contributed by atoms with van der Waals surface area (Å²) >= 11 is 0. The molecule has 2 aromatic heterocycles. The van der Waals surface area contributed by atoms with Gasteiger partial charge >= 0.3 is 0 Å². The molecule has 1 saturated heterocycles. The average molecular weight is 363 g/mol. The van der Waals surface area contributed by atoms with Gasteiger partial charge in [0.05, 0.1) is 16.7 Å². The van der Waals surface area contributed by atoms with Gasteiger partial charge in [-0.15, -0.1) is 0 Å². The minimum absolute atomic E-state index is 0.463. The number of benzene rings is 1. The zero-order valence-electron chi connectivity index (χ0n) is 15.7. The van der Waals surface area contributed by atoms with Gasteiger partial charge in [0.15, 0.2) is 0 Å². The number of rotatable bonds is 4. The molecule has 3 aromatic rings. The van der Waals surface area contributed by atoms with E-state index in [0.29, 0.717) is 11.7 Å². The molecule has 3 nitrogen and oxygen atoms in total. The Morgan fingerprint density at radius 3 is 2.78 bits per heavy atom. The molecule has 27 heavy (non-hydrogen) atoms. The maximum Gasteiger partial charge on any atom is 0.131 e. The van der Waals surface area contributed by atoms with E-state index in [1.807, 2.05) is 6.07 Å². The third-order valence-corrected chi connectivity index (χ3v) is 6.30. The molecule has 1 fully saturated rings. The van der Waals surface area contributed by atoms with E-state index < -0.39 is 6.67 Å². The van der Waals surface area contributed by atoms with E-state index in [0.717, 1.165) is 31.4 Å². The molecule has 1 atom stereocenters. The lowest BCUT2D eigenvalue weighted by Crippen LogP contribution is -2.39. The number of piperidine rings is 1. The van der Waals surface area contributed by atoms with Crippen LogP contribution in [0.3, 0.4) is 0 Å². The Morgan fingerprint density at radius 2 is 1.93 bits per heavy atom. The number of alkyl halides is 1. The van der Waals surface area contributed by atoms with Crippen LogP contribution in [0.25, 0.3) is 11.0 Å². The highest BCUT2D eigenvalue weighted by atomic mass is 19.1. The first-order valence-corrected chi connectivity index (χ1v) is 10.2. The van der Waals surface area contributed by atoms with Crippen LogP contribution in [-0.4, -0.2) is 27.5 Å². The zero-order valence-corrected chi connectivity index (χ0v) is 15.7. The molecule has 0 bridgehead atoms. The van der Waals surface area contributed by atoms with E-state index in [-0.39, 0.29) is 0 Å². The molecule has 1 aromatic carbocycles. The number of pyridine rings is 1. The molecule has 140 valence electrons. The molecule has 0 radical (unpaired) electrons. The summed E-state index contributed by atoms with van der Waals surface area (Å²) < 4.78 is 15.8. The molecule has 2 aliphatic heterocycles. The fourth-order valence-corrected chi connectivity index (χ4v) is 5.01. The number of aromatic nitrogens is 2. The third kappa shape index (κ3) is 2.96. The molecular weight excluding hydrogens is 337 g/mol. The lowest BCUT2D eigenvalue weighted by Gasteiger charge is -2.39. The van der Waals surface area contributed by atoms with E-state index >= 15 is 0 Å². The molecule has 5 rings (SSSR count). The van der Waals surface area contributed by atoms with Gasteiger partial charge in [-0.05, 0) is 43.5 Å². The Bertz CT molecular complexity index is 947. The van der Waals surface area contributed by atoms with Crippen LogP contribution >= 0.6 is 0 Å². The molecule has 0 amide bonds. The summed E-state index contributed by atoms with van der Waals surface area (Å²) in [5.41, 5.74) is 6.97. The van der Waals surface area contributed by atoms with Crippen LogP contribution in [0.1, 0.15) is 47.8 Å². The average Bonchev–Trinajstić information content (AvgIpc) is 3.06. The fraction of sp³-hybridized carbons (Fsp3) is 0.435. The second-order valence-corrected chi connectivity index (χ2v) is 7.85. The molecule has 1 unspecified atom stereocenters. The van der Waals surface area contributed by atoms with Crippen molar-refractivity contribution in [3.63, 3.8) is 0 Å². The molecule has 0 spiro atoms. The van der Waals surface area contributed by atoms with Gasteiger partial charge in [-0.3, -0.25) is 4.90 Å². The third-order valence-electron chi connectivity index (χ3n) is 6.30. The number of fused-ring (bicyclic) bond motifs is 5. The number of hydrogen-bond donors (Lipinski definition) is 0. The van der Waals surface area contributed by atoms with Crippen LogP contribution < -0.4 is 0 Å². The maximum atomic E-state index is 13.3. The van der Waals surface area contributed by atoms with Crippen LogP contribution in [0.2, 0.25) is 0 Å². The predicted molar refractivity (Wildman–Crippen MR) is 107 cm³/mol. The first kappa shape index (κ1) is 16.9. The normalized spacial score (nSPS) is 19.8. The largest absolute Gasteiger partial charge is 0.343 e. The Labute approximate surface area is 159 Å². The first-order valence-electron chi connectivity index (χ1n) is 10.2. The molecular formula is C23H26FN3. The van der Waals surface area contributed by atoms with Gasteiger partial charge < -0.3 is 4.57 Å². The summed E-state index contributed by atoms with van der Waals surface area (Å²) in [6.07, 6.45) is 5.85. The van der Waals surface area contributed by atoms with Crippen LogP contribution in [-0.2, 0) is 26.1 Å². The lowest BCUT2D eigenvalue weighted by molar-refractivity contribution is 0.138. The van der Waals surface area contributed by atoms with Crippen molar-refractivity contribution in [3.05, 3.63) is 65.0 Å². The fourth-order valence-electron chi connectivity index (χ4n) is 5.01. The molecule has 0 aliphatic carbocycles. The van der Waals surface area contributed by atoms with Crippen molar-refractivity contribution in [2.24, 2.45) is 0 Å². The van der Waals surface area contributed by atoms with E-state index in [9.17, 15) is 4.39 Å². The maximum absolute atomic E-state index is 13.3. The highest BCUT2D eigenvalue weighted by Crippen LogP contribution is 2.41. The number of hydrogen-bond acceptors (Lipinski definition) is 2. The van der Waals surface area contributed by atoms with Crippen molar-refractivity contribution in [2.75, 3.05) is 13.1 Å². The van der Waals surface area contributed by atoms with Gasteiger partial charge in [-0.2, -0.15) is 0 Å². The number of nitrogens with zero attached hydrogens (tertiary/aromatic N) is 3. The SMILES string of the molecule is FCc1ccc2c(n1)c1c(n2CCc2ccccc2)CCN2CCCCC12. The van der Waals surface area contributed by atoms with Gasteiger partial charge in [0, 0.05) is 36.8 Å². The van der Waals surface area contributed by atoms with Gasteiger partial charge in [-0.25, -0.2) is 9.37 Å². The Morgan fingerprint density at radius 1 is 1.04 bits per heavy atom. The van der Waals surface area contributed by atoms with Crippen molar-refractivity contribution >= 4 is 11.0 Å². The number of aryl methyl sites for hydroxylation is 2.